The summed E-state index contributed by atoms with van der Waals surface area (Å²) in [5.41, 5.74) is 0. The molecule has 0 spiro atoms. The van der Waals surface area contributed by atoms with Crippen LogP contribution in [0.3, 0.4) is 0 Å². The van der Waals surface area contributed by atoms with Crippen molar-refractivity contribution in [2.45, 2.75) is 24.2 Å². The van der Waals surface area contributed by atoms with Gasteiger partial charge in [0.05, 0.1) is 0 Å². The molecule has 0 amide bonds. The summed E-state index contributed by atoms with van der Waals surface area (Å²) in [5, 5.41) is 0. The molecule has 0 aliphatic carbocycles. The summed E-state index contributed by atoms with van der Waals surface area (Å²) in [7, 11) is 0. The monoisotopic (exact) mass is 424 g/mol. The van der Waals surface area contributed by atoms with Crippen molar-refractivity contribution < 1.29 is 0 Å². The first-order valence-electron chi connectivity index (χ1n) is 4.11. The minimum atomic E-state index is 0. The van der Waals surface area contributed by atoms with Gasteiger partial charge in [-0.3, -0.25) is 0 Å². The standard InChI is InChI=1S/C10H14Te.2BrH/c1-2-3-9-11-10-7-5-4-6-8-10;;/h4-8H,2-3,9H2,1H3;2*1H/q+1;;. The number of hydrogen-bond donors (Lipinski definition) is 0. The van der Waals surface area contributed by atoms with Crippen LogP contribution in [-0.4, -0.2) is 20.9 Å². The van der Waals surface area contributed by atoms with Gasteiger partial charge in [0.25, 0.3) is 0 Å². The molecule has 0 aliphatic heterocycles. The van der Waals surface area contributed by atoms with Crippen LogP contribution in [0.2, 0.25) is 4.47 Å². The summed E-state index contributed by atoms with van der Waals surface area (Å²) in [6, 6.07) is 10.9. The zero-order chi connectivity index (χ0) is 7.94. The van der Waals surface area contributed by atoms with E-state index in [0.717, 1.165) is 0 Å². The first-order valence-corrected chi connectivity index (χ1v) is 6.92. The number of halogens is 2. The topological polar surface area (TPSA) is 0 Å². The second-order valence-electron chi connectivity index (χ2n) is 2.52. The molecule has 0 heterocycles. The average Bonchev–Trinajstić information content (AvgIpc) is 2.07. The summed E-state index contributed by atoms with van der Waals surface area (Å²) >= 11 is 0.152. The Labute approximate surface area is 112 Å². The van der Waals surface area contributed by atoms with Crippen LogP contribution in [0, 0.1) is 0 Å². The zero-order valence-electron chi connectivity index (χ0n) is 7.73. The number of unbranched alkanes of at least 4 members (excludes halogenated alkanes) is 1. The Morgan fingerprint density at radius 1 is 1.08 bits per heavy atom. The van der Waals surface area contributed by atoms with E-state index in [4.69, 9.17) is 0 Å². The van der Waals surface area contributed by atoms with Crippen molar-refractivity contribution in [3.63, 3.8) is 0 Å². The Kier molecular flexibility index (Phi) is 13.9. The molecule has 1 rings (SSSR count). The molecule has 0 fully saturated rings. The van der Waals surface area contributed by atoms with E-state index in [0.29, 0.717) is 0 Å². The van der Waals surface area contributed by atoms with E-state index in [1.165, 1.54) is 17.3 Å². The van der Waals surface area contributed by atoms with E-state index in [1.54, 1.807) is 3.61 Å². The summed E-state index contributed by atoms with van der Waals surface area (Å²) in [4.78, 5) is 0. The molecule has 0 bridgehead atoms. The van der Waals surface area contributed by atoms with Gasteiger partial charge in [0.1, 0.15) is 0 Å². The molecule has 0 aromatic heterocycles. The van der Waals surface area contributed by atoms with Crippen molar-refractivity contribution in [2.24, 2.45) is 0 Å². The maximum atomic E-state index is 2.26. The molecule has 3 heteroatoms. The van der Waals surface area contributed by atoms with Crippen LogP contribution in [0.5, 0.6) is 0 Å². The predicted molar refractivity (Wildman–Crippen MR) is 72.2 cm³/mol. The maximum absolute atomic E-state index is 2.26. The van der Waals surface area contributed by atoms with Crippen molar-refractivity contribution in [2.75, 3.05) is 0 Å². The average molecular weight is 424 g/mol. The Morgan fingerprint density at radius 2 is 1.69 bits per heavy atom. The third-order valence-corrected chi connectivity index (χ3v) is 4.64. The summed E-state index contributed by atoms with van der Waals surface area (Å²) < 4.78 is 3.07. The quantitative estimate of drug-likeness (QED) is 0.514. The molecule has 0 nitrogen and oxygen atoms in total. The molecule has 0 aliphatic rings. The SMILES string of the molecule is Br.Br.CCCC[Te+]c1ccccc1. The van der Waals surface area contributed by atoms with Crippen LogP contribution >= 0.6 is 34.0 Å². The van der Waals surface area contributed by atoms with E-state index in [-0.39, 0.29) is 54.9 Å². The summed E-state index contributed by atoms with van der Waals surface area (Å²) in [5.74, 6) is 0. The molecule has 1 radical (unpaired) electrons. The van der Waals surface area contributed by atoms with Crippen LogP contribution < -0.4 is 3.61 Å². The normalized spacial score (nSPS) is 8.38. The molecule has 0 atom stereocenters. The first-order chi connectivity index (χ1) is 5.43. The Hall–Kier alpha value is 0.970. The molecule has 13 heavy (non-hydrogen) atoms. The first kappa shape index (κ1) is 16.4. The van der Waals surface area contributed by atoms with E-state index in [9.17, 15) is 0 Å². The van der Waals surface area contributed by atoms with Crippen LogP contribution in [0.4, 0.5) is 0 Å². The van der Waals surface area contributed by atoms with Gasteiger partial charge in [0.2, 0.25) is 0 Å². The van der Waals surface area contributed by atoms with Gasteiger partial charge in [-0.05, 0) is 0 Å². The zero-order valence-corrected chi connectivity index (χ0v) is 13.5. The van der Waals surface area contributed by atoms with Gasteiger partial charge >= 0.3 is 79.1 Å². The summed E-state index contributed by atoms with van der Waals surface area (Å²) in [6.07, 6.45) is 2.76. The van der Waals surface area contributed by atoms with Gasteiger partial charge < -0.3 is 0 Å². The van der Waals surface area contributed by atoms with Gasteiger partial charge in [-0.25, -0.2) is 0 Å². The molecule has 0 saturated carbocycles. The molecular weight excluding hydrogens is 408 g/mol. The molecular formula is C10H16Br2Te+. The van der Waals surface area contributed by atoms with Gasteiger partial charge in [-0.2, -0.15) is 0 Å². The molecule has 1 aromatic carbocycles. The summed E-state index contributed by atoms with van der Waals surface area (Å²) in [6.45, 7) is 2.26. The van der Waals surface area contributed by atoms with Gasteiger partial charge in [0.15, 0.2) is 0 Å². The fourth-order valence-corrected chi connectivity index (χ4v) is 3.76. The van der Waals surface area contributed by atoms with Crippen LogP contribution in [0.1, 0.15) is 19.8 Å². The Morgan fingerprint density at radius 3 is 2.23 bits per heavy atom. The predicted octanol–water partition coefficient (Wildman–Crippen LogP) is 3.39. The molecule has 0 unspecified atom stereocenters. The molecule has 75 valence electrons. The van der Waals surface area contributed by atoms with Crippen molar-refractivity contribution in [3.8, 4) is 0 Å². The van der Waals surface area contributed by atoms with Crippen LogP contribution in [-0.2, 0) is 0 Å². The van der Waals surface area contributed by atoms with Crippen molar-refractivity contribution >= 4 is 58.5 Å². The van der Waals surface area contributed by atoms with E-state index in [1.807, 2.05) is 0 Å². The number of rotatable bonds is 4. The fraction of sp³-hybridized carbons (Fsp3) is 0.400. The van der Waals surface area contributed by atoms with E-state index < -0.39 is 0 Å². The van der Waals surface area contributed by atoms with Crippen LogP contribution in [0.25, 0.3) is 0 Å². The van der Waals surface area contributed by atoms with Crippen molar-refractivity contribution in [3.05, 3.63) is 30.3 Å². The molecule has 0 saturated heterocycles. The van der Waals surface area contributed by atoms with E-state index in [2.05, 4.69) is 37.3 Å². The Bertz CT molecular complexity index is 189. The molecule has 1 aromatic rings. The third kappa shape index (κ3) is 8.00. The van der Waals surface area contributed by atoms with Gasteiger partial charge in [-0.15, -0.1) is 34.0 Å². The second-order valence-corrected chi connectivity index (χ2v) is 5.85. The second kappa shape index (κ2) is 11.0. The Balaban J connectivity index is 0. The third-order valence-electron chi connectivity index (χ3n) is 1.51. The van der Waals surface area contributed by atoms with Gasteiger partial charge in [-0.1, -0.05) is 0 Å². The number of benzene rings is 1. The van der Waals surface area contributed by atoms with Crippen molar-refractivity contribution in [1.82, 2.24) is 0 Å². The fourth-order valence-electron chi connectivity index (χ4n) is 0.851. The molecule has 0 N–H and O–H groups in total. The number of hydrogen-bond acceptors (Lipinski definition) is 0. The van der Waals surface area contributed by atoms with Gasteiger partial charge in [0, 0.05) is 0 Å². The van der Waals surface area contributed by atoms with E-state index >= 15 is 0 Å². The van der Waals surface area contributed by atoms with Crippen molar-refractivity contribution in [1.29, 1.82) is 0 Å². The van der Waals surface area contributed by atoms with Crippen LogP contribution in [0.15, 0.2) is 30.3 Å². The minimum absolute atomic E-state index is 0.